The van der Waals surface area contributed by atoms with Crippen LogP contribution in [0.4, 0.5) is 0 Å². The molecule has 1 aromatic rings. The monoisotopic (exact) mass is 494 g/mol. The van der Waals surface area contributed by atoms with Crippen LogP contribution in [0.1, 0.15) is 45.2 Å². The number of esters is 1. The number of hydrogen-bond acceptors (Lipinski definition) is 6. The Morgan fingerprint density at radius 3 is 2.56 bits per heavy atom. The molecule has 36 heavy (non-hydrogen) atoms. The van der Waals surface area contributed by atoms with Gasteiger partial charge in [0.1, 0.15) is 17.6 Å². The number of aliphatic hydroxyl groups is 1. The Hall–Kier alpha value is -2.97. The van der Waals surface area contributed by atoms with Crippen molar-refractivity contribution in [3.05, 3.63) is 60.2 Å². The van der Waals surface area contributed by atoms with E-state index in [1.165, 1.54) is 4.90 Å². The second-order valence-corrected chi connectivity index (χ2v) is 11.0. The van der Waals surface area contributed by atoms with Crippen molar-refractivity contribution in [3.8, 4) is 0 Å². The van der Waals surface area contributed by atoms with Crippen molar-refractivity contribution in [2.45, 2.75) is 62.9 Å². The molecular formula is C28H34N2O6. The number of aliphatic hydroxyl groups excluding tert-OH is 1. The second-order valence-electron chi connectivity index (χ2n) is 11.0. The van der Waals surface area contributed by atoms with Crippen molar-refractivity contribution in [2.24, 2.45) is 11.8 Å². The first-order chi connectivity index (χ1) is 17.2. The number of cyclic esters (lactones) is 1. The fraction of sp³-hybridized carbons (Fsp3) is 0.536. The standard InChI is InChI=1S/C28H34N2O6/c1-27(2,3)29-15-10-14-28-22(21-20(36-28)13-8-5-9-16-35-26(21)34)24(32)30(23(28)25(29)33)19(17-31)18-11-6-4-7-12-18/h4,6-8,10-14,19-23,31H,5,9,15-17H2,1-3H3/b13-8-/t19-,20+,21-,22+,23?,28+/m1/s1. The molecule has 8 heteroatoms. The number of carbonyl (C=O) groups excluding carboxylic acids is 3. The lowest BCUT2D eigenvalue weighted by Gasteiger charge is -2.42. The van der Waals surface area contributed by atoms with E-state index in [-0.39, 0.29) is 25.0 Å². The van der Waals surface area contributed by atoms with Crippen LogP contribution in [-0.2, 0) is 23.9 Å². The maximum Gasteiger partial charge on any atom is 0.312 e. The smallest absolute Gasteiger partial charge is 0.312 e. The molecule has 0 radical (unpaired) electrons. The van der Waals surface area contributed by atoms with E-state index in [2.05, 4.69) is 0 Å². The Labute approximate surface area is 211 Å². The zero-order valence-electron chi connectivity index (χ0n) is 21.0. The van der Waals surface area contributed by atoms with Gasteiger partial charge < -0.3 is 24.4 Å². The summed E-state index contributed by atoms with van der Waals surface area (Å²) in [5.74, 6) is -2.95. The van der Waals surface area contributed by atoms with Crippen molar-refractivity contribution in [2.75, 3.05) is 19.8 Å². The third kappa shape index (κ3) is 3.78. The quantitative estimate of drug-likeness (QED) is 0.512. The molecule has 8 nitrogen and oxygen atoms in total. The molecule has 2 amide bonds. The SMILES string of the molecule is CC(C)(C)N1CC=C[C@]23O[C@H]4/C=C\CCCOC(=O)[C@H]4[C@H]2C(=O)N([C@H](CO)c2ccccc2)C3C1=O. The molecule has 192 valence electrons. The number of ether oxygens (including phenoxy) is 2. The Balaban J connectivity index is 1.69. The topological polar surface area (TPSA) is 96.4 Å². The van der Waals surface area contributed by atoms with Crippen molar-refractivity contribution in [1.29, 1.82) is 0 Å². The highest BCUT2D eigenvalue weighted by Gasteiger charge is 2.72. The van der Waals surface area contributed by atoms with Gasteiger partial charge in [0.2, 0.25) is 11.8 Å². The fourth-order valence-corrected chi connectivity index (χ4v) is 6.16. The molecule has 0 bridgehead atoms. The molecular weight excluding hydrogens is 460 g/mol. The summed E-state index contributed by atoms with van der Waals surface area (Å²) in [5, 5.41) is 10.5. The van der Waals surface area contributed by atoms with Crippen LogP contribution >= 0.6 is 0 Å². The van der Waals surface area contributed by atoms with E-state index in [0.717, 1.165) is 6.42 Å². The van der Waals surface area contributed by atoms with Gasteiger partial charge in [0.25, 0.3) is 0 Å². The van der Waals surface area contributed by atoms with Gasteiger partial charge >= 0.3 is 5.97 Å². The molecule has 1 spiro atoms. The largest absolute Gasteiger partial charge is 0.465 e. The number of likely N-dealkylation sites (tertiary alicyclic amines) is 1. The van der Waals surface area contributed by atoms with Crippen LogP contribution in [0.3, 0.4) is 0 Å². The third-order valence-electron chi connectivity index (χ3n) is 7.79. The molecule has 4 aliphatic heterocycles. The zero-order chi connectivity index (χ0) is 25.7. The highest BCUT2D eigenvalue weighted by Crippen LogP contribution is 2.55. The predicted octanol–water partition coefficient (Wildman–Crippen LogP) is 2.39. The zero-order valence-corrected chi connectivity index (χ0v) is 21.0. The van der Waals surface area contributed by atoms with E-state index in [9.17, 15) is 19.5 Å². The molecule has 0 aromatic heterocycles. The average molecular weight is 495 g/mol. The highest BCUT2D eigenvalue weighted by molar-refractivity contribution is 5.99. The van der Waals surface area contributed by atoms with Gasteiger partial charge in [0, 0.05) is 12.1 Å². The van der Waals surface area contributed by atoms with E-state index in [0.29, 0.717) is 18.5 Å². The van der Waals surface area contributed by atoms with Crippen LogP contribution in [0.15, 0.2) is 54.6 Å². The van der Waals surface area contributed by atoms with Crippen molar-refractivity contribution in [3.63, 3.8) is 0 Å². The van der Waals surface area contributed by atoms with Crippen LogP contribution in [0, 0.1) is 11.8 Å². The van der Waals surface area contributed by atoms with Gasteiger partial charge in [-0.15, -0.1) is 0 Å². The van der Waals surface area contributed by atoms with Gasteiger partial charge in [-0.3, -0.25) is 14.4 Å². The molecule has 4 heterocycles. The number of rotatable bonds is 3. The van der Waals surface area contributed by atoms with Crippen LogP contribution in [0.25, 0.3) is 0 Å². The van der Waals surface area contributed by atoms with Crippen molar-refractivity contribution in [1.82, 2.24) is 9.80 Å². The van der Waals surface area contributed by atoms with E-state index < -0.39 is 47.1 Å². The van der Waals surface area contributed by atoms with E-state index in [4.69, 9.17) is 9.47 Å². The highest BCUT2D eigenvalue weighted by atomic mass is 16.6. The van der Waals surface area contributed by atoms with Gasteiger partial charge in [0.15, 0.2) is 0 Å². The summed E-state index contributed by atoms with van der Waals surface area (Å²) in [4.78, 5) is 45.1. The molecule has 6 atom stereocenters. The number of carbonyl (C=O) groups is 3. The molecule has 5 rings (SSSR count). The van der Waals surface area contributed by atoms with Crippen molar-refractivity contribution >= 4 is 17.8 Å². The number of amides is 2. The molecule has 2 saturated heterocycles. The summed E-state index contributed by atoms with van der Waals surface area (Å²) >= 11 is 0. The van der Waals surface area contributed by atoms with Gasteiger partial charge in [0.05, 0.1) is 31.3 Å². The molecule has 0 aliphatic carbocycles. The Morgan fingerprint density at radius 1 is 1.11 bits per heavy atom. The first-order valence-corrected chi connectivity index (χ1v) is 12.7. The van der Waals surface area contributed by atoms with Gasteiger partial charge in [-0.05, 0) is 39.2 Å². The lowest BCUT2D eigenvalue weighted by atomic mass is 9.78. The summed E-state index contributed by atoms with van der Waals surface area (Å²) in [6, 6.07) is 7.36. The van der Waals surface area contributed by atoms with E-state index in [1.54, 1.807) is 4.90 Å². The van der Waals surface area contributed by atoms with Gasteiger partial charge in [-0.25, -0.2) is 0 Å². The number of nitrogens with zero attached hydrogens (tertiary/aromatic N) is 2. The Morgan fingerprint density at radius 2 is 1.86 bits per heavy atom. The maximum absolute atomic E-state index is 14.3. The summed E-state index contributed by atoms with van der Waals surface area (Å²) in [5.41, 5.74) is -1.16. The lowest BCUT2D eigenvalue weighted by Crippen LogP contribution is -2.59. The predicted molar refractivity (Wildman–Crippen MR) is 131 cm³/mol. The van der Waals surface area contributed by atoms with Crippen LogP contribution in [-0.4, -0.2) is 75.7 Å². The summed E-state index contributed by atoms with van der Waals surface area (Å²) in [6.45, 7) is 6.09. The van der Waals surface area contributed by atoms with E-state index in [1.807, 2.05) is 75.4 Å². The number of benzene rings is 1. The first-order valence-electron chi connectivity index (χ1n) is 12.7. The minimum absolute atomic E-state index is 0.262. The fourth-order valence-electron chi connectivity index (χ4n) is 6.16. The first kappa shape index (κ1) is 24.7. The summed E-state index contributed by atoms with van der Waals surface area (Å²) < 4.78 is 12.2. The number of allylic oxidation sites excluding steroid dienone is 1. The lowest BCUT2D eigenvalue weighted by molar-refractivity contribution is -0.157. The second kappa shape index (κ2) is 9.16. The summed E-state index contributed by atoms with van der Waals surface area (Å²) in [6.07, 6.45) is 8.21. The Bertz CT molecular complexity index is 1090. The number of hydrogen-bond donors (Lipinski definition) is 1. The molecule has 2 fully saturated rings. The molecule has 1 unspecified atom stereocenters. The molecule has 4 aliphatic rings. The number of fused-ring (bicyclic) bond motifs is 2. The van der Waals surface area contributed by atoms with E-state index >= 15 is 0 Å². The summed E-state index contributed by atoms with van der Waals surface area (Å²) in [7, 11) is 0. The molecule has 1 aromatic carbocycles. The molecule has 1 N–H and O–H groups in total. The van der Waals surface area contributed by atoms with Gasteiger partial charge in [-0.1, -0.05) is 54.6 Å². The Kier molecular flexibility index (Phi) is 6.29. The van der Waals surface area contributed by atoms with Crippen LogP contribution < -0.4 is 0 Å². The normalized spacial score (nSPS) is 34.1. The minimum Gasteiger partial charge on any atom is -0.465 e. The van der Waals surface area contributed by atoms with Gasteiger partial charge in [-0.2, -0.15) is 0 Å². The van der Waals surface area contributed by atoms with Crippen LogP contribution in [0.2, 0.25) is 0 Å². The third-order valence-corrected chi connectivity index (χ3v) is 7.79. The molecule has 0 saturated carbocycles. The van der Waals surface area contributed by atoms with Crippen LogP contribution in [0.5, 0.6) is 0 Å². The minimum atomic E-state index is -1.35. The maximum atomic E-state index is 14.3. The average Bonchev–Trinajstić information content (AvgIpc) is 3.24. The van der Waals surface area contributed by atoms with Crippen molar-refractivity contribution < 1.29 is 29.0 Å².